The van der Waals surface area contributed by atoms with E-state index in [0.29, 0.717) is 6.61 Å². The Morgan fingerprint density at radius 2 is 2.12 bits per heavy atom. The lowest BCUT2D eigenvalue weighted by molar-refractivity contribution is -0.0538. The maximum atomic E-state index is 6.23. The van der Waals surface area contributed by atoms with Gasteiger partial charge in [-0.05, 0) is 49.2 Å². The van der Waals surface area contributed by atoms with E-state index in [4.69, 9.17) is 9.47 Å². The van der Waals surface area contributed by atoms with Gasteiger partial charge in [0.15, 0.2) is 0 Å². The standard InChI is InChI=1S/C19H23N3O2/c1-3-17(12-21-7-1)24-18-11-19(23-14-18)6-2-10-22(15-19)13-16-4-8-20-9-5-16/h1,3-5,7-9,12,18H,2,6,10-11,13-15H2. The molecule has 0 saturated carbocycles. The third kappa shape index (κ3) is 3.57. The molecule has 2 fully saturated rings. The van der Waals surface area contributed by atoms with Gasteiger partial charge in [0.1, 0.15) is 11.9 Å². The maximum Gasteiger partial charge on any atom is 0.138 e. The average Bonchev–Trinajstić information content (AvgIpc) is 2.98. The summed E-state index contributed by atoms with van der Waals surface area (Å²) in [4.78, 5) is 10.7. The second-order valence-electron chi connectivity index (χ2n) is 6.80. The van der Waals surface area contributed by atoms with Crippen molar-refractivity contribution in [1.29, 1.82) is 0 Å². The molecule has 2 atom stereocenters. The Morgan fingerprint density at radius 3 is 2.96 bits per heavy atom. The third-order valence-corrected chi connectivity index (χ3v) is 4.89. The number of pyridine rings is 2. The molecule has 24 heavy (non-hydrogen) atoms. The minimum absolute atomic E-state index is 0.0574. The van der Waals surface area contributed by atoms with Crippen molar-refractivity contribution in [2.45, 2.75) is 37.5 Å². The van der Waals surface area contributed by atoms with Gasteiger partial charge in [-0.3, -0.25) is 14.9 Å². The van der Waals surface area contributed by atoms with Crippen LogP contribution in [0.2, 0.25) is 0 Å². The molecule has 5 nitrogen and oxygen atoms in total. The van der Waals surface area contributed by atoms with Crippen LogP contribution < -0.4 is 4.74 Å². The summed E-state index contributed by atoms with van der Waals surface area (Å²) in [5.74, 6) is 0.826. The zero-order valence-corrected chi connectivity index (χ0v) is 13.8. The second kappa shape index (κ2) is 6.87. The summed E-state index contributed by atoms with van der Waals surface area (Å²) in [7, 11) is 0. The van der Waals surface area contributed by atoms with Gasteiger partial charge in [0.25, 0.3) is 0 Å². The van der Waals surface area contributed by atoms with Gasteiger partial charge in [0.2, 0.25) is 0 Å². The fourth-order valence-corrected chi connectivity index (χ4v) is 3.84. The quantitative estimate of drug-likeness (QED) is 0.865. The molecule has 2 saturated heterocycles. The lowest BCUT2D eigenvalue weighted by atomic mass is 9.89. The Bertz CT molecular complexity index is 652. The first-order valence-corrected chi connectivity index (χ1v) is 8.63. The number of likely N-dealkylation sites (tertiary alicyclic amines) is 1. The Hall–Kier alpha value is -1.98. The van der Waals surface area contributed by atoms with Crippen molar-refractivity contribution in [3.63, 3.8) is 0 Å². The summed E-state index contributed by atoms with van der Waals surface area (Å²) in [6.07, 6.45) is 10.6. The smallest absolute Gasteiger partial charge is 0.138 e. The lowest BCUT2D eigenvalue weighted by Crippen LogP contribution is -2.47. The van der Waals surface area contributed by atoms with Crippen molar-refractivity contribution in [3.05, 3.63) is 54.6 Å². The van der Waals surface area contributed by atoms with Crippen LogP contribution in [0.25, 0.3) is 0 Å². The van der Waals surface area contributed by atoms with Crippen LogP contribution in [0.15, 0.2) is 49.1 Å². The Labute approximate surface area is 142 Å². The molecule has 126 valence electrons. The zero-order valence-electron chi connectivity index (χ0n) is 13.8. The summed E-state index contributed by atoms with van der Waals surface area (Å²) in [6.45, 7) is 3.73. The summed E-state index contributed by atoms with van der Waals surface area (Å²) >= 11 is 0. The Morgan fingerprint density at radius 1 is 1.21 bits per heavy atom. The van der Waals surface area contributed by atoms with Gasteiger partial charge >= 0.3 is 0 Å². The van der Waals surface area contributed by atoms with Gasteiger partial charge in [-0.2, -0.15) is 0 Å². The van der Waals surface area contributed by atoms with E-state index in [0.717, 1.165) is 38.2 Å². The number of piperidine rings is 1. The molecular weight excluding hydrogens is 302 g/mol. The van der Waals surface area contributed by atoms with Gasteiger partial charge in [-0.15, -0.1) is 0 Å². The molecule has 4 rings (SSSR count). The molecule has 2 unspecified atom stereocenters. The van der Waals surface area contributed by atoms with Crippen LogP contribution in [-0.2, 0) is 11.3 Å². The number of rotatable bonds is 4. The van der Waals surface area contributed by atoms with Crippen LogP contribution in [0.1, 0.15) is 24.8 Å². The van der Waals surface area contributed by atoms with E-state index in [2.05, 4.69) is 27.0 Å². The van der Waals surface area contributed by atoms with E-state index >= 15 is 0 Å². The monoisotopic (exact) mass is 325 g/mol. The normalized spacial score (nSPS) is 27.4. The van der Waals surface area contributed by atoms with Crippen molar-refractivity contribution in [3.8, 4) is 5.75 Å². The van der Waals surface area contributed by atoms with E-state index in [1.807, 2.05) is 24.5 Å². The molecule has 5 heteroatoms. The van der Waals surface area contributed by atoms with E-state index < -0.39 is 0 Å². The van der Waals surface area contributed by atoms with Gasteiger partial charge in [-0.1, -0.05) is 0 Å². The maximum absolute atomic E-state index is 6.23. The molecule has 0 bridgehead atoms. The highest BCUT2D eigenvalue weighted by Crippen LogP contribution is 2.36. The molecule has 0 aromatic carbocycles. The second-order valence-corrected chi connectivity index (χ2v) is 6.80. The molecule has 1 spiro atoms. The van der Waals surface area contributed by atoms with Crippen molar-refractivity contribution >= 4 is 0 Å². The van der Waals surface area contributed by atoms with Crippen molar-refractivity contribution in [2.75, 3.05) is 19.7 Å². The van der Waals surface area contributed by atoms with E-state index in [1.54, 1.807) is 12.4 Å². The van der Waals surface area contributed by atoms with E-state index in [9.17, 15) is 0 Å². The van der Waals surface area contributed by atoms with Crippen LogP contribution in [0.5, 0.6) is 5.75 Å². The average molecular weight is 325 g/mol. The number of hydrogen-bond acceptors (Lipinski definition) is 5. The van der Waals surface area contributed by atoms with Gasteiger partial charge in [0, 0.05) is 38.1 Å². The van der Waals surface area contributed by atoms with Crippen LogP contribution in [0.3, 0.4) is 0 Å². The predicted molar refractivity (Wildman–Crippen MR) is 90.7 cm³/mol. The minimum Gasteiger partial charge on any atom is -0.486 e. The number of aromatic nitrogens is 2. The van der Waals surface area contributed by atoms with Gasteiger partial charge < -0.3 is 9.47 Å². The topological polar surface area (TPSA) is 47.5 Å². The molecule has 2 aliphatic heterocycles. The molecule has 0 N–H and O–H groups in total. The van der Waals surface area contributed by atoms with Crippen LogP contribution >= 0.6 is 0 Å². The van der Waals surface area contributed by atoms with Crippen molar-refractivity contribution in [1.82, 2.24) is 14.9 Å². The highest BCUT2D eigenvalue weighted by Gasteiger charge is 2.44. The first-order chi connectivity index (χ1) is 11.8. The van der Waals surface area contributed by atoms with Crippen molar-refractivity contribution in [2.24, 2.45) is 0 Å². The van der Waals surface area contributed by atoms with Gasteiger partial charge in [0.05, 0.1) is 18.4 Å². The first kappa shape index (κ1) is 15.5. The molecular formula is C19H23N3O2. The Balaban J connectivity index is 1.37. The third-order valence-electron chi connectivity index (χ3n) is 4.89. The number of nitrogens with zero attached hydrogens (tertiary/aromatic N) is 3. The summed E-state index contributed by atoms with van der Waals surface area (Å²) in [5, 5.41) is 0. The van der Waals surface area contributed by atoms with Crippen LogP contribution in [0, 0.1) is 0 Å². The van der Waals surface area contributed by atoms with E-state index in [-0.39, 0.29) is 11.7 Å². The number of ether oxygens (including phenoxy) is 2. The van der Waals surface area contributed by atoms with Crippen molar-refractivity contribution < 1.29 is 9.47 Å². The molecule has 0 radical (unpaired) electrons. The first-order valence-electron chi connectivity index (χ1n) is 8.63. The Kier molecular flexibility index (Phi) is 4.45. The summed E-state index contributed by atoms with van der Waals surface area (Å²) in [5.41, 5.74) is 1.25. The molecule has 2 aliphatic rings. The molecule has 0 aliphatic carbocycles. The zero-order chi connectivity index (χ0) is 16.2. The molecule has 2 aromatic rings. The van der Waals surface area contributed by atoms with Gasteiger partial charge in [-0.25, -0.2) is 0 Å². The fourth-order valence-electron chi connectivity index (χ4n) is 3.84. The highest BCUT2D eigenvalue weighted by molar-refractivity contribution is 5.16. The highest BCUT2D eigenvalue weighted by atomic mass is 16.6. The van der Waals surface area contributed by atoms with Crippen LogP contribution in [-0.4, -0.2) is 46.3 Å². The largest absolute Gasteiger partial charge is 0.486 e. The van der Waals surface area contributed by atoms with Crippen LogP contribution in [0.4, 0.5) is 0 Å². The molecule has 2 aromatic heterocycles. The fraction of sp³-hybridized carbons (Fsp3) is 0.474. The SMILES string of the molecule is c1cncc(OC2COC3(CCCN(Cc4ccncc4)C3)C2)c1. The predicted octanol–water partition coefficient (Wildman–Crippen LogP) is 2.68. The number of hydrogen-bond donors (Lipinski definition) is 0. The van der Waals surface area contributed by atoms with E-state index in [1.165, 1.54) is 12.0 Å². The lowest BCUT2D eigenvalue weighted by Gasteiger charge is -2.39. The summed E-state index contributed by atoms with van der Waals surface area (Å²) in [6, 6.07) is 8.03. The minimum atomic E-state index is -0.0574. The summed E-state index contributed by atoms with van der Waals surface area (Å²) < 4.78 is 12.3. The molecule has 0 amide bonds. The molecule has 4 heterocycles.